The van der Waals surface area contributed by atoms with Gasteiger partial charge < -0.3 is 5.73 Å². The first-order valence-electron chi connectivity index (χ1n) is 3.44. The summed E-state index contributed by atoms with van der Waals surface area (Å²) in [6, 6.07) is 0. The fourth-order valence-electron chi connectivity index (χ4n) is 1.03. The van der Waals surface area contributed by atoms with Gasteiger partial charge in [-0.3, -0.25) is 0 Å². The number of allylic oxidation sites excluding steroid dienone is 3. The molecule has 0 unspecified atom stereocenters. The summed E-state index contributed by atoms with van der Waals surface area (Å²) in [6.45, 7) is 2.90. The average molecular weight is 123 g/mol. The van der Waals surface area contributed by atoms with Crippen LogP contribution < -0.4 is 5.73 Å². The normalized spacial score (nSPS) is 17.6. The van der Waals surface area contributed by atoms with E-state index in [9.17, 15) is 0 Å². The molecule has 0 bridgehead atoms. The Kier molecular flexibility index (Phi) is 2.06. The van der Waals surface area contributed by atoms with Crippen molar-refractivity contribution in [1.29, 1.82) is 0 Å². The Morgan fingerprint density at radius 1 is 1.44 bits per heavy atom. The Morgan fingerprint density at radius 2 is 2.11 bits per heavy atom. The van der Waals surface area contributed by atoms with E-state index in [1.807, 2.05) is 0 Å². The third-order valence-electron chi connectivity index (χ3n) is 1.73. The Morgan fingerprint density at radius 3 is 2.44 bits per heavy atom. The molecule has 0 aliphatic heterocycles. The van der Waals surface area contributed by atoms with Gasteiger partial charge in [-0.05, 0) is 12.8 Å². The molecule has 9 heavy (non-hydrogen) atoms. The van der Waals surface area contributed by atoms with Crippen molar-refractivity contribution in [2.45, 2.75) is 19.8 Å². The topological polar surface area (TPSA) is 26.0 Å². The van der Waals surface area contributed by atoms with Crippen molar-refractivity contribution < 1.29 is 0 Å². The lowest BCUT2D eigenvalue weighted by molar-refractivity contribution is 0.979. The van der Waals surface area contributed by atoms with E-state index in [1.165, 1.54) is 17.6 Å². The summed E-state index contributed by atoms with van der Waals surface area (Å²) in [4.78, 5) is 0. The molecule has 0 aromatic heterocycles. The average Bonchev–Trinajstić information content (AvgIpc) is 2.34. The van der Waals surface area contributed by atoms with Crippen LogP contribution in [0.4, 0.5) is 0 Å². The largest absolute Gasteiger partial charge is 0.327 e. The Hall–Kier alpha value is -0.560. The SMILES string of the molecule is CCC1=CC=C(CN)C1. The fourth-order valence-corrected chi connectivity index (χ4v) is 1.03. The van der Waals surface area contributed by atoms with E-state index in [-0.39, 0.29) is 0 Å². The molecule has 1 rings (SSSR count). The standard InChI is InChI=1S/C8H13N/c1-2-7-3-4-8(5-7)6-9/h3-4H,2,5-6,9H2,1H3. The fraction of sp³-hybridized carbons (Fsp3) is 0.500. The van der Waals surface area contributed by atoms with Crippen molar-refractivity contribution in [3.05, 3.63) is 23.3 Å². The molecule has 1 aliphatic rings. The minimum atomic E-state index is 0.722. The maximum Gasteiger partial charge on any atom is 0.0143 e. The van der Waals surface area contributed by atoms with Crippen molar-refractivity contribution >= 4 is 0 Å². The molecule has 0 aromatic rings. The van der Waals surface area contributed by atoms with Crippen LogP contribution in [0.25, 0.3) is 0 Å². The second kappa shape index (κ2) is 2.83. The van der Waals surface area contributed by atoms with Gasteiger partial charge in [-0.15, -0.1) is 0 Å². The molecule has 0 heterocycles. The van der Waals surface area contributed by atoms with E-state index in [0.717, 1.165) is 13.0 Å². The van der Waals surface area contributed by atoms with Crippen LogP contribution in [-0.2, 0) is 0 Å². The molecule has 0 saturated heterocycles. The van der Waals surface area contributed by atoms with E-state index in [1.54, 1.807) is 0 Å². The number of hydrogen-bond acceptors (Lipinski definition) is 1. The van der Waals surface area contributed by atoms with Gasteiger partial charge in [-0.1, -0.05) is 30.2 Å². The van der Waals surface area contributed by atoms with Gasteiger partial charge in [-0.25, -0.2) is 0 Å². The summed E-state index contributed by atoms with van der Waals surface area (Å²) >= 11 is 0. The Labute approximate surface area is 56.2 Å². The highest BCUT2D eigenvalue weighted by molar-refractivity contribution is 5.30. The summed E-state index contributed by atoms with van der Waals surface area (Å²) in [7, 11) is 0. The zero-order valence-electron chi connectivity index (χ0n) is 5.85. The highest BCUT2D eigenvalue weighted by Crippen LogP contribution is 2.19. The van der Waals surface area contributed by atoms with Gasteiger partial charge in [0.2, 0.25) is 0 Å². The molecular weight excluding hydrogens is 110 g/mol. The van der Waals surface area contributed by atoms with Crippen LogP contribution in [0, 0.1) is 0 Å². The molecule has 1 nitrogen and oxygen atoms in total. The minimum absolute atomic E-state index is 0.722. The molecule has 1 aliphatic carbocycles. The lowest BCUT2D eigenvalue weighted by Crippen LogP contribution is -2.01. The minimum Gasteiger partial charge on any atom is -0.327 e. The van der Waals surface area contributed by atoms with Crippen LogP contribution in [0.2, 0.25) is 0 Å². The van der Waals surface area contributed by atoms with E-state index in [2.05, 4.69) is 19.1 Å². The maximum absolute atomic E-state index is 5.45. The van der Waals surface area contributed by atoms with E-state index in [0.29, 0.717) is 0 Å². The molecule has 2 N–H and O–H groups in total. The lowest BCUT2D eigenvalue weighted by Gasteiger charge is -1.97. The van der Waals surface area contributed by atoms with Gasteiger partial charge in [0.05, 0.1) is 0 Å². The Balaban J connectivity index is 2.43. The van der Waals surface area contributed by atoms with Gasteiger partial charge in [0, 0.05) is 6.54 Å². The first-order chi connectivity index (χ1) is 4.36. The molecule has 0 aromatic carbocycles. The second-order valence-electron chi connectivity index (χ2n) is 2.38. The zero-order chi connectivity index (χ0) is 6.69. The zero-order valence-corrected chi connectivity index (χ0v) is 5.85. The van der Waals surface area contributed by atoms with Crippen molar-refractivity contribution in [2.24, 2.45) is 5.73 Å². The second-order valence-corrected chi connectivity index (χ2v) is 2.38. The summed E-state index contributed by atoms with van der Waals surface area (Å²) in [5, 5.41) is 0. The predicted molar refractivity (Wildman–Crippen MR) is 40.1 cm³/mol. The highest BCUT2D eigenvalue weighted by atomic mass is 14.5. The summed E-state index contributed by atoms with van der Waals surface area (Å²) < 4.78 is 0. The molecule has 0 radical (unpaired) electrons. The number of nitrogens with two attached hydrogens (primary N) is 1. The van der Waals surface area contributed by atoms with E-state index in [4.69, 9.17) is 5.73 Å². The summed E-state index contributed by atoms with van der Waals surface area (Å²) in [6.07, 6.45) is 6.61. The Bertz CT molecular complexity index is 136. The summed E-state index contributed by atoms with van der Waals surface area (Å²) in [5.41, 5.74) is 8.33. The van der Waals surface area contributed by atoms with Gasteiger partial charge in [-0.2, -0.15) is 0 Å². The van der Waals surface area contributed by atoms with Crippen LogP contribution >= 0.6 is 0 Å². The van der Waals surface area contributed by atoms with Crippen LogP contribution in [0.15, 0.2) is 23.3 Å². The molecule has 0 amide bonds. The third-order valence-corrected chi connectivity index (χ3v) is 1.73. The molecular formula is C8H13N. The van der Waals surface area contributed by atoms with Crippen LogP contribution in [0.3, 0.4) is 0 Å². The van der Waals surface area contributed by atoms with E-state index < -0.39 is 0 Å². The van der Waals surface area contributed by atoms with Crippen molar-refractivity contribution in [2.75, 3.05) is 6.54 Å². The van der Waals surface area contributed by atoms with Gasteiger partial charge in [0.25, 0.3) is 0 Å². The van der Waals surface area contributed by atoms with Crippen molar-refractivity contribution in [1.82, 2.24) is 0 Å². The van der Waals surface area contributed by atoms with Gasteiger partial charge in [0.15, 0.2) is 0 Å². The molecule has 0 fully saturated rings. The van der Waals surface area contributed by atoms with Crippen molar-refractivity contribution in [3.63, 3.8) is 0 Å². The predicted octanol–water partition coefficient (Wildman–Crippen LogP) is 1.61. The van der Waals surface area contributed by atoms with Crippen LogP contribution in [0.5, 0.6) is 0 Å². The highest BCUT2D eigenvalue weighted by Gasteiger charge is 2.03. The molecule has 50 valence electrons. The third kappa shape index (κ3) is 1.42. The first kappa shape index (κ1) is 6.56. The van der Waals surface area contributed by atoms with Gasteiger partial charge >= 0.3 is 0 Å². The number of rotatable bonds is 2. The quantitative estimate of drug-likeness (QED) is 0.593. The monoisotopic (exact) mass is 123 g/mol. The van der Waals surface area contributed by atoms with Gasteiger partial charge in [0.1, 0.15) is 0 Å². The lowest BCUT2D eigenvalue weighted by atomic mass is 10.1. The maximum atomic E-state index is 5.45. The summed E-state index contributed by atoms with van der Waals surface area (Å²) in [5.74, 6) is 0. The van der Waals surface area contributed by atoms with Crippen LogP contribution in [-0.4, -0.2) is 6.54 Å². The molecule has 1 heteroatoms. The molecule has 0 spiro atoms. The first-order valence-corrected chi connectivity index (χ1v) is 3.44. The van der Waals surface area contributed by atoms with E-state index >= 15 is 0 Å². The van der Waals surface area contributed by atoms with Crippen LogP contribution in [0.1, 0.15) is 19.8 Å². The smallest absolute Gasteiger partial charge is 0.0143 e. The number of hydrogen-bond donors (Lipinski definition) is 1. The van der Waals surface area contributed by atoms with Crippen molar-refractivity contribution in [3.8, 4) is 0 Å². The molecule has 0 saturated carbocycles. The molecule has 0 atom stereocenters.